The van der Waals surface area contributed by atoms with E-state index in [1.807, 2.05) is 0 Å². The first-order chi connectivity index (χ1) is 7.84. The third-order valence-corrected chi connectivity index (χ3v) is 2.40. The van der Waals surface area contributed by atoms with E-state index in [2.05, 4.69) is 15.2 Å². The molecule has 7 N–H and O–H groups in total. The number of primary amides is 1. The zero-order chi connectivity index (χ0) is 13.2. The summed E-state index contributed by atoms with van der Waals surface area (Å²) in [5.41, 5.74) is 4.67. The van der Waals surface area contributed by atoms with Crippen molar-refractivity contribution in [3.05, 3.63) is 0 Å². The first kappa shape index (κ1) is 14.1. The molecule has 1 aliphatic rings. The first-order valence-corrected chi connectivity index (χ1v) is 4.82. The fourth-order valence-corrected chi connectivity index (χ4v) is 1.47. The second-order valence-electron chi connectivity index (χ2n) is 3.66. The molecular weight excluding hydrogens is 238 g/mol. The highest BCUT2D eigenvalue weighted by molar-refractivity contribution is 5.64. The second kappa shape index (κ2) is 5.58. The molecule has 1 heterocycles. The van der Waals surface area contributed by atoms with Crippen LogP contribution in [0.2, 0.25) is 0 Å². The summed E-state index contributed by atoms with van der Waals surface area (Å²) in [6, 6.07) is 0. The lowest BCUT2D eigenvalue weighted by Crippen LogP contribution is -2.61. The van der Waals surface area contributed by atoms with Crippen molar-refractivity contribution in [2.75, 3.05) is 6.61 Å². The fraction of sp³-hybridized carbons (Fsp3) is 0.875. The number of hydrogen-bond donors (Lipinski definition) is 6. The van der Waals surface area contributed by atoms with Crippen LogP contribution < -0.4 is 5.73 Å². The van der Waals surface area contributed by atoms with E-state index in [1.54, 1.807) is 0 Å². The Labute approximate surface area is 96.0 Å². The van der Waals surface area contributed by atoms with Gasteiger partial charge in [-0.1, -0.05) is 0 Å². The summed E-state index contributed by atoms with van der Waals surface area (Å²) in [5, 5.41) is 46.6. The number of ether oxygens (including phenoxy) is 2. The third kappa shape index (κ3) is 3.25. The maximum atomic E-state index is 10.3. The number of carbonyl (C=O) groups is 1. The molecule has 1 amide bonds. The van der Waals surface area contributed by atoms with Gasteiger partial charge in [0.2, 0.25) is 0 Å². The van der Waals surface area contributed by atoms with Crippen LogP contribution in [0.15, 0.2) is 0 Å². The van der Waals surface area contributed by atoms with Crippen molar-refractivity contribution >= 4 is 6.09 Å². The van der Waals surface area contributed by atoms with Crippen LogP contribution in [0.5, 0.6) is 0 Å². The van der Waals surface area contributed by atoms with E-state index in [9.17, 15) is 25.2 Å². The lowest BCUT2D eigenvalue weighted by Gasteiger charge is -2.39. The van der Waals surface area contributed by atoms with E-state index < -0.39 is 49.5 Å². The summed E-state index contributed by atoms with van der Waals surface area (Å²) < 4.78 is 8.96. The van der Waals surface area contributed by atoms with Crippen molar-refractivity contribution < 1.29 is 39.8 Å². The summed E-state index contributed by atoms with van der Waals surface area (Å²) in [6.45, 7) is -0.577. The third-order valence-electron chi connectivity index (χ3n) is 2.40. The molecule has 17 heavy (non-hydrogen) atoms. The molecule has 0 aromatic rings. The Bertz CT molecular complexity index is 274. The molecule has 100 valence electrons. The molecule has 1 saturated heterocycles. The molecular formula is C8H15NO8. The molecule has 1 aliphatic heterocycles. The average Bonchev–Trinajstić information content (AvgIpc) is 2.28. The second-order valence-corrected chi connectivity index (χ2v) is 3.66. The molecule has 0 saturated carbocycles. The van der Waals surface area contributed by atoms with E-state index in [0.717, 1.165) is 0 Å². The van der Waals surface area contributed by atoms with Gasteiger partial charge in [-0.3, -0.25) is 0 Å². The van der Waals surface area contributed by atoms with Gasteiger partial charge < -0.3 is 40.7 Å². The number of rotatable bonds is 3. The molecule has 0 radical (unpaired) electrons. The summed E-state index contributed by atoms with van der Waals surface area (Å²) in [5.74, 6) is 0. The maximum absolute atomic E-state index is 10.3. The smallest absolute Gasteiger partial charge is 0.404 e. The van der Waals surface area contributed by atoms with Gasteiger partial charge in [-0.05, 0) is 0 Å². The summed E-state index contributed by atoms with van der Waals surface area (Å²) >= 11 is 0. The minimum Gasteiger partial charge on any atom is -0.447 e. The molecule has 0 aliphatic carbocycles. The van der Waals surface area contributed by atoms with Crippen molar-refractivity contribution in [2.45, 2.75) is 36.8 Å². The first-order valence-electron chi connectivity index (χ1n) is 4.82. The fourth-order valence-electron chi connectivity index (χ4n) is 1.47. The normalized spacial score (nSPS) is 39.7. The van der Waals surface area contributed by atoms with Gasteiger partial charge in [0, 0.05) is 0 Å². The van der Waals surface area contributed by atoms with Gasteiger partial charge in [-0.2, -0.15) is 0 Å². The zero-order valence-corrected chi connectivity index (χ0v) is 8.71. The summed E-state index contributed by atoms with van der Waals surface area (Å²) in [4.78, 5) is 10.3. The van der Waals surface area contributed by atoms with Crippen LogP contribution >= 0.6 is 0 Å². The highest BCUT2D eigenvalue weighted by Gasteiger charge is 2.45. The monoisotopic (exact) mass is 253 g/mol. The number of aliphatic hydroxyl groups is 5. The largest absolute Gasteiger partial charge is 0.447 e. The number of amides is 1. The molecule has 0 spiro atoms. The summed E-state index contributed by atoms with van der Waals surface area (Å²) in [7, 11) is 0. The van der Waals surface area contributed by atoms with Gasteiger partial charge in [0.05, 0.1) is 0 Å². The van der Waals surface area contributed by atoms with Gasteiger partial charge in [0.15, 0.2) is 6.29 Å². The van der Waals surface area contributed by atoms with Crippen LogP contribution in [0.3, 0.4) is 0 Å². The van der Waals surface area contributed by atoms with E-state index in [0.29, 0.717) is 0 Å². The highest BCUT2D eigenvalue weighted by Crippen LogP contribution is 2.22. The van der Waals surface area contributed by atoms with Crippen LogP contribution in [-0.2, 0) is 9.47 Å². The average molecular weight is 253 g/mol. The minimum absolute atomic E-state index is 0.577. The molecule has 6 unspecified atom stereocenters. The molecule has 9 nitrogen and oxygen atoms in total. The molecule has 9 heteroatoms. The molecule has 0 bridgehead atoms. The Hall–Kier alpha value is -0.970. The Kier molecular flexibility index (Phi) is 4.62. The Morgan fingerprint density at radius 1 is 1.24 bits per heavy atom. The van der Waals surface area contributed by atoms with Crippen LogP contribution in [0, 0.1) is 0 Å². The number of nitrogens with two attached hydrogens (primary N) is 1. The Morgan fingerprint density at radius 2 is 1.82 bits per heavy atom. The highest BCUT2D eigenvalue weighted by atomic mass is 16.6. The predicted octanol–water partition coefficient (Wildman–Crippen LogP) is -3.76. The Balaban J connectivity index is 2.60. The van der Waals surface area contributed by atoms with Crippen molar-refractivity contribution in [3.63, 3.8) is 0 Å². The number of aliphatic hydroxyl groups excluding tert-OH is 5. The van der Waals surface area contributed by atoms with Crippen LogP contribution in [0.1, 0.15) is 0 Å². The van der Waals surface area contributed by atoms with Crippen molar-refractivity contribution in [2.24, 2.45) is 5.73 Å². The lowest BCUT2D eigenvalue weighted by atomic mass is 9.96. The maximum Gasteiger partial charge on any atom is 0.404 e. The van der Waals surface area contributed by atoms with E-state index in [1.165, 1.54) is 0 Å². The molecule has 0 aromatic carbocycles. The standard InChI is InChI=1S/C8H15NO8/c9-8(15)16-1-2(10)6-4(12)3(11)5(13)7(14)17-6/h2-7,10-14H,1H2,(H2,9,15). The molecule has 1 rings (SSSR count). The predicted molar refractivity (Wildman–Crippen MR) is 50.4 cm³/mol. The van der Waals surface area contributed by atoms with Crippen molar-refractivity contribution in [1.82, 2.24) is 0 Å². The van der Waals surface area contributed by atoms with E-state index in [4.69, 9.17) is 5.11 Å². The summed E-state index contributed by atoms with van der Waals surface area (Å²) in [6.07, 6.45) is -10.8. The van der Waals surface area contributed by atoms with Gasteiger partial charge in [-0.15, -0.1) is 0 Å². The Morgan fingerprint density at radius 3 is 2.35 bits per heavy atom. The van der Waals surface area contributed by atoms with E-state index >= 15 is 0 Å². The molecule has 1 fully saturated rings. The lowest BCUT2D eigenvalue weighted by molar-refractivity contribution is -0.298. The minimum atomic E-state index is -1.76. The van der Waals surface area contributed by atoms with E-state index in [-0.39, 0.29) is 0 Å². The molecule has 6 atom stereocenters. The van der Waals surface area contributed by atoms with Crippen molar-refractivity contribution in [1.29, 1.82) is 0 Å². The SMILES string of the molecule is NC(=O)OCC(O)C1OC(O)C(O)C(O)C1O. The quantitative estimate of drug-likeness (QED) is 0.298. The van der Waals surface area contributed by atoms with Gasteiger partial charge in [0.25, 0.3) is 0 Å². The molecule has 0 aromatic heterocycles. The van der Waals surface area contributed by atoms with Crippen LogP contribution in [0.4, 0.5) is 4.79 Å². The van der Waals surface area contributed by atoms with Crippen LogP contribution in [-0.4, -0.2) is 75.0 Å². The van der Waals surface area contributed by atoms with Crippen LogP contribution in [0.25, 0.3) is 0 Å². The van der Waals surface area contributed by atoms with Gasteiger partial charge >= 0.3 is 6.09 Å². The topological polar surface area (TPSA) is 163 Å². The number of hydrogen-bond acceptors (Lipinski definition) is 8. The van der Waals surface area contributed by atoms with Crippen molar-refractivity contribution in [3.8, 4) is 0 Å². The number of carbonyl (C=O) groups excluding carboxylic acids is 1. The van der Waals surface area contributed by atoms with Gasteiger partial charge in [-0.25, -0.2) is 4.79 Å². The van der Waals surface area contributed by atoms with Gasteiger partial charge in [0.1, 0.15) is 37.1 Å². The zero-order valence-electron chi connectivity index (χ0n) is 8.71.